The van der Waals surface area contributed by atoms with E-state index in [2.05, 4.69) is 52.3 Å². The van der Waals surface area contributed by atoms with Gasteiger partial charge in [0.2, 0.25) is 17.7 Å². The topological polar surface area (TPSA) is 159 Å². The number of halogens is 1. The van der Waals surface area contributed by atoms with Crippen LogP contribution in [0.2, 0.25) is 0 Å². The van der Waals surface area contributed by atoms with Gasteiger partial charge in [0, 0.05) is 40.6 Å². The fourth-order valence-electron chi connectivity index (χ4n) is 10.9. The Labute approximate surface area is 484 Å². The van der Waals surface area contributed by atoms with Crippen molar-refractivity contribution in [2.24, 2.45) is 17.8 Å². The Bertz CT molecular complexity index is 3490. The second-order valence-corrected chi connectivity index (χ2v) is 22.1. The Balaban J connectivity index is 0.000000162. The van der Waals surface area contributed by atoms with Crippen LogP contribution in [-0.4, -0.2) is 66.3 Å². The largest absolute Gasteiger partial charge is 0.508 e. The molecule has 0 radical (unpaired) electrons. The fraction of sp³-hybridized carbons (Fsp3) is 0.328. The lowest BCUT2D eigenvalue weighted by Gasteiger charge is -2.47. The number of aryl methyl sites for hydroxylation is 6. The summed E-state index contributed by atoms with van der Waals surface area (Å²) < 4.78 is 22.6. The van der Waals surface area contributed by atoms with Gasteiger partial charge in [0.15, 0.2) is 0 Å². The molecule has 3 aliphatic rings. The maximum Gasteiger partial charge on any atom is 0.235 e. The van der Waals surface area contributed by atoms with Crippen molar-refractivity contribution >= 4 is 50.7 Å². The Morgan fingerprint density at radius 3 is 1.27 bits per heavy atom. The zero-order chi connectivity index (χ0) is 58.7. The fourth-order valence-corrected chi connectivity index (χ4v) is 11.5. The van der Waals surface area contributed by atoms with E-state index in [4.69, 9.17) is 18.9 Å². The van der Waals surface area contributed by atoms with Gasteiger partial charge >= 0.3 is 0 Å². The molecule has 7 aromatic rings. The molecule has 10 rings (SSSR count). The molecule has 1 unspecified atom stereocenters. The highest BCUT2D eigenvalue weighted by atomic mass is 79.9. The summed E-state index contributed by atoms with van der Waals surface area (Å²) in [5, 5.41) is 30.3. The van der Waals surface area contributed by atoms with Gasteiger partial charge in [0.05, 0.1) is 63.8 Å². The molecule has 14 heteroatoms. The van der Waals surface area contributed by atoms with Crippen molar-refractivity contribution in [3.05, 3.63) is 194 Å². The standard InChI is InChI=1S/C27H28BrNO3.C20H23NO4.C20H23NO3/c1-17-10-11-21(13-24(17)32-16-20-8-6-5-7-9-20)26-23(15-28)27(30)29(26)22-12-18(2)19(3)25(14-22)31-4;1-11-5-6-14(8-17(11)23)19-16(10-22)20(24)21(19)15-7-12(2)13(3)18(9-15)25-4;1-11-6-7-15(9-17(11)22)19-14(4)20(23)21(19)16-8-12(2)13(3)18(10-16)24-5/h5-14,23,26H,15-16H2,1-4H3;5-9,16,19,22-23H,10H2,1-4H3;6-10,14,19,22H,1-5H3/t23-,26?;16-,19-;14-,19+/m111/s1. The van der Waals surface area contributed by atoms with Crippen LogP contribution >= 0.6 is 15.9 Å². The molecular weight excluding hydrogens is 1090 g/mol. The van der Waals surface area contributed by atoms with Crippen LogP contribution in [0.15, 0.2) is 121 Å². The van der Waals surface area contributed by atoms with Crippen molar-refractivity contribution in [2.75, 3.05) is 48.0 Å². The summed E-state index contributed by atoms with van der Waals surface area (Å²) in [7, 11) is 4.91. The summed E-state index contributed by atoms with van der Waals surface area (Å²) >= 11 is 3.55. The van der Waals surface area contributed by atoms with Crippen LogP contribution in [0.25, 0.3) is 0 Å². The summed E-state index contributed by atoms with van der Waals surface area (Å²) in [6.45, 7) is 20.0. The van der Waals surface area contributed by atoms with E-state index in [0.29, 0.717) is 11.9 Å². The maximum atomic E-state index is 13.1. The van der Waals surface area contributed by atoms with Crippen LogP contribution < -0.4 is 33.6 Å². The monoisotopic (exact) mass is 1160 g/mol. The van der Waals surface area contributed by atoms with E-state index in [-0.39, 0.29) is 65.8 Å². The molecular formula is C67H74BrN3O10. The number of phenols is 2. The molecule has 0 spiro atoms. The smallest absolute Gasteiger partial charge is 0.235 e. The number of nitrogens with zero attached hydrogens (tertiary/aromatic N) is 3. The van der Waals surface area contributed by atoms with Crippen LogP contribution in [0.1, 0.15) is 97.4 Å². The molecule has 424 valence electrons. The molecule has 0 aliphatic carbocycles. The number of alkyl halides is 1. The summed E-state index contributed by atoms with van der Waals surface area (Å²) in [4.78, 5) is 43.5. The van der Waals surface area contributed by atoms with Gasteiger partial charge in [0.1, 0.15) is 41.1 Å². The predicted molar refractivity (Wildman–Crippen MR) is 323 cm³/mol. The Kier molecular flexibility index (Phi) is 18.2. The normalized spacial score (nSPS) is 19.0. The van der Waals surface area contributed by atoms with Gasteiger partial charge in [-0.15, -0.1) is 0 Å². The minimum Gasteiger partial charge on any atom is -0.508 e. The Morgan fingerprint density at radius 2 is 0.852 bits per heavy atom. The number of β-lactam (4-membered cyclic amide) rings is 3. The number of hydrogen-bond acceptors (Lipinski definition) is 10. The second-order valence-electron chi connectivity index (χ2n) is 21.5. The van der Waals surface area contributed by atoms with E-state index < -0.39 is 5.92 Å². The maximum absolute atomic E-state index is 13.1. The Hall–Kier alpha value is -7.81. The first kappa shape index (κ1) is 59.3. The molecule has 0 aromatic heterocycles. The molecule has 3 amide bonds. The van der Waals surface area contributed by atoms with Crippen molar-refractivity contribution in [3.63, 3.8) is 0 Å². The number of benzene rings is 7. The van der Waals surface area contributed by atoms with Crippen LogP contribution in [-0.2, 0) is 21.0 Å². The first-order chi connectivity index (χ1) is 38.7. The number of aliphatic hydroxyl groups is 1. The minimum absolute atomic E-state index is 0.0617. The van der Waals surface area contributed by atoms with Crippen molar-refractivity contribution in [1.29, 1.82) is 0 Å². The van der Waals surface area contributed by atoms with Crippen molar-refractivity contribution < 1.29 is 48.7 Å². The summed E-state index contributed by atoms with van der Waals surface area (Å²) in [5.74, 6) is 2.93. The van der Waals surface area contributed by atoms with E-state index in [0.717, 1.165) is 112 Å². The SMILES string of the molecule is COc1cc(N2C(=O)[C@H](C)[C@H]2c2ccc(C)c(O)c2)cc(C)c1C.COc1cc(N2C(=O)[C@H](CBr)C2c2ccc(C)c(OCc3ccccc3)c2)cc(C)c1C.COc1cc(N2C(=O)[C@H](CO)[C@H]2c2ccc(C)c(O)c2)cc(C)c1C. The molecule has 3 saturated heterocycles. The van der Waals surface area contributed by atoms with Gasteiger partial charge in [-0.3, -0.25) is 14.4 Å². The average molecular weight is 1160 g/mol. The van der Waals surface area contributed by atoms with Gasteiger partial charge in [0.25, 0.3) is 0 Å². The number of anilines is 3. The lowest BCUT2D eigenvalue weighted by atomic mass is 9.81. The van der Waals surface area contributed by atoms with Gasteiger partial charge in [-0.25, -0.2) is 0 Å². The lowest BCUT2D eigenvalue weighted by molar-refractivity contribution is -0.132. The molecule has 0 saturated carbocycles. The summed E-state index contributed by atoms with van der Waals surface area (Å²) in [6.07, 6.45) is 0. The molecule has 81 heavy (non-hydrogen) atoms. The van der Waals surface area contributed by atoms with Crippen LogP contribution in [0, 0.1) is 80.1 Å². The van der Waals surface area contributed by atoms with E-state index in [1.165, 1.54) is 0 Å². The van der Waals surface area contributed by atoms with Gasteiger partial charge in [-0.05, 0) is 171 Å². The van der Waals surface area contributed by atoms with Crippen molar-refractivity contribution in [3.8, 4) is 34.5 Å². The zero-order valence-electron chi connectivity index (χ0n) is 48.6. The molecule has 3 aliphatic heterocycles. The summed E-state index contributed by atoms with van der Waals surface area (Å²) in [5.41, 5.74) is 15.5. The second kappa shape index (κ2) is 24.9. The number of hydrogen-bond donors (Lipinski definition) is 3. The van der Waals surface area contributed by atoms with Crippen molar-refractivity contribution in [1.82, 2.24) is 0 Å². The number of aromatic hydroxyl groups is 2. The number of carbonyl (C=O) groups excluding carboxylic acids is 3. The third kappa shape index (κ3) is 11.7. The van der Waals surface area contributed by atoms with Crippen molar-refractivity contribution in [2.45, 2.75) is 94.0 Å². The molecule has 13 nitrogen and oxygen atoms in total. The van der Waals surface area contributed by atoms with Crippen LogP contribution in [0.3, 0.4) is 0 Å². The van der Waals surface area contributed by atoms with Gasteiger partial charge < -0.3 is 49.0 Å². The highest BCUT2D eigenvalue weighted by molar-refractivity contribution is 9.09. The molecule has 6 atom stereocenters. The zero-order valence-corrected chi connectivity index (χ0v) is 50.1. The number of phenolic OH excluding ortho intramolecular Hbond substituents is 2. The number of methoxy groups -OCH3 is 3. The third-order valence-electron chi connectivity index (χ3n) is 16.4. The van der Waals surface area contributed by atoms with E-state index in [9.17, 15) is 29.7 Å². The minimum atomic E-state index is -0.505. The number of carbonyl (C=O) groups is 3. The van der Waals surface area contributed by atoms with E-state index in [1.807, 2.05) is 147 Å². The molecule has 3 fully saturated rings. The third-order valence-corrected chi connectivity index (χ3v) is 17.1. The molecule has 3 heterocycles. The highest BCUT2D eigenvalue weighted by Crippen LogP contribution is 2.49. The molecule has 3 N–H and O–H groups in total. The molecule has 0 bridgehead atoms. The first-order valence-corrected chi connectivity index (χ1v) is 28.3. The predicted octanol–water partition coefficient (Wildman–Crippen LogP) is 13.4. The highest BCUT2D eigenvalue weighted by Gasteiger charge is 2.50. The van der Waals surface area contributed by atoms with Gasteiger partial charge in [-0.1, -0.05) is 89.6 Å². The number of rotatable bonds is 14. The number of ether oxygens (including phenoxy) is 4. The average Bonchev–Trinajstić information content (AvgIpc) is 2.88. The first-order valence-electron chi connectivity index (χ1n) is 27.2. The van der Waals surface area contributed by atoms with Gasteiger partial charge in [-0.2, -0.15) is 0 Å². The number of aliphatic hydroxyl groups excluding tert-OH is 1. The quantitative estimate of drug-likeness (QED) is 0.0707. The van der Waals surface area contributed by atoms with Crippen LogP contribution in [0.5, 0.6) is 34.5 Å². The summed E-state index contributed by atoms with van der Waals surface area (Å²) in [6, 6.07) is 38.7. The van der Waals surface area contributed by atoms with E-state index >= 15 is 0 Å². The molecule has 7 aromatic carbocycles. The number of amides is 3. The lowest BCUT2D eigenvalue weighted by Crippen LogP contribution is -2.56. The van der Waals surface area contributed by atoms with E-state index in [1.54, 1.807) is 43.3 Å². The Morgan fingerprint density at radius 1 is 0.457 bits per heavy atom. The van der Waals surface area contributed by atoms with Crippen LogP contribution in [0.4, 0.5) is 17.1 Å².